The lowest BCUT2D eigenvalue weighted by atomic mass is 9.90. The lowest BCUT2D eigenvalue weighted by molar-refractivity contribution is -0.114. The highest BCUT2D eigenvalue weighted by atomic mass is 35.5. The van der Waals surface area contributed by atoms with Crippen LogP contribution in [0, 0.1) is 5.41 Å². The number of nitrogens with zero attached hydrogens (tertiary/aromatic N) is 1. The summed E-state index contributed by atoms with van der Waals surface area (Å²) in [5.41, 5.74) is 5.92. The Kier molecular flexibility index (Phi) is 4.81. The van der Waals surface area contributed by atoms with Gasteiger partial charge in [-0.15, -0.1) is 0 Å². The van der Waals surface area contributed by atoms with Gasteiger partial charge in [-0.25, -0.2) is 8.42 Å². The predicted octanol–water partition coefficient (Wildman–Crippen LogP) is 1.66. The molecular formula is C14H20ClN3O3S. The number of anilines is 1. The summed E-state index contributed by atoms with van der Waals surface area (Å²) in [5, 5.41) is 2.74. The van der Waals surface area contributed by atoms with E-state index >= 15 is 0 Å². The molecule has 1 saturated heterocycles. The summed E-state index contributed by atoms with van der Waals surface area (Å²) in [5.74, 6) is -0.268. The Morgan fingerprint density at radius 2 is 2.18 bits per heavy atom. The van der Waals surface area contributed by atoms with Crippen molar-refractivity contribution in [3.8, 4) is 0 Å². The van der Waals surface area contributed by atoms with Crippen molar-refractivity contribution < 1.29 is 13.2 Å². The smallest absolute Gasteiger partial charge is 0.243 e. The van der Waals surface area contributed by atoms with Crippen LogP contribution in [0.15, 0.2) is 23.1 Å². The Morgan fingerprint density at radius 3 is 2.68 bits per heavy atom. The van der Waals surface area contributed by atoms with Gasteiger partial charge in [0.15, 0.2) is 0 Å². The number of nitrogens with two attached hydrogens (primary N) is 1. The van der Waals surface area contributed by atoms with Gasteiger partial charge in [-0.2, -0.15) is 4.31 Å². The van der Waals surface area contributed by atoms with E-state index in [-0.39, 0.29) is 21.2 Å². The largest absolute Gasteiger partial charge is 0.330 e. The zero-order valence-corrected chi connectivity index (χ0v) is 14.2. The molecule has 6 nitrogen and oxygen atoms in total. The second kappa shape index (κ2) is 6.16. The van der Waals surface area contributed by atoms with Gasteiger partial charge in [-0.05, 0) is 36.6 Å². The maximum Gasteiger partial charge on any atom is 0.243 e. The Bertz CT molecular complexity index is 693. The van der Waals surface area contributed by atoms with Crippen LogP contribution in [0.25, 0.3) is 0 Å². The van der Waals surface area contributed by atoms with E-state index in [0.29, 0.717) is 25.3 Å². The van der Waals surface area contributed by atoms with Crippen LogP contribution in [0.4, 0.5) is 5.69 Å². The van der Waals surface area contributed by atoms with Crippen molar-refractivity contribution in [2.24, 2.45) is 11.1 Å². The third-order valence-electron chi connectivity index (χ3n) is 3.90. The fraction of sp³-hybridized carbons (Fsp3) is 0.500. The molecule has 1 aromatic carbocycles. The van der Waals surface area contributed by atoms with E-state index in [1.54, 1.807) is 0 Å². The topological polar surface area (TPSA) is 92.5 Å². The minimum Gasteiger partial charge on any atom is -0.330 e. The molecule has 1 atom stereocenters. The van der Waals surface area contributed by atoms with Gasteiger partial charge in [0.1, 0.15) is 0 Å². The Morgan fingerprint density at radius 1 is 1.50 bits per heavy atom. The number of halogens is 1. The number of rotatable bonds is 4. The molecule has 1 aliphatic rings. The van der Waals surface area contributed by atoms with Gasteiger partial charge in [-0.3, -0.25) is 4.79 Å². The second-order valence-corrected chi connectivity index (χ2v) is 8.27. The first kappa shape index (κ1) is 17.2. The van der Waals surface area contributed by atoms with Crippen LogP contribution in [-0.2, 0) is 14.8 Å². The zero-order chi connectivity index (χ0) is 16.5. The monoisotopic (exact) mass is 345 g/mol. The van der Waals surface area contributed by atoms with Gasteiger partial charge in [0.25, 0.3) is 0 Å². The van der Waals surface area contributed by atoms with Gasteiger partial charge in [-0.1, -0.05) is 18.5 Å². The molecule has 122 valence electrons. The number of sulfonamides is 1. The van der Waals surface area contributed by atoms with Crippen molar-refractivity contribution in [3.63, 3.8) is 0 Å². The maximum atomic E-state index is 12.7. The SMILES string of the molecule is CC(=O)Nc1ccc(S(=O)(=O)N2CCC(C)(CN)C2)cc1Cl. The minimum atomic E-state index is -3.61. The standard InChI is InChI=1S/C14H20ClN3O3S/c1-10(19)17-13-4-3-11(7-12(13)15)22(20,21)18-6-5-14(2,8-16)9-18/h3-4,7H,5-6,8-9,16H2,1-2H3,(H,17,19). The van der Waals surface area contributed by atoms with Crippen molar-refractivity contribution in [1.82, 2.24) is 4.31 Å². The number of amides is 1. The van der Waals surface area contributed by atoms with Crippen molar-refractivity contribution in [2.75, 3.05) is 25.0 Å². The minimum absolute atomic E-state index is 0.118. The summed E-state index contributed by atoms with van der Waals surface area (Å²) in [6, 6.07) is 4.31. The van der Waals surface area contributed by atoms with Crippen LogP contribution in [0.3, 0.4) is 0 Å². The van der Waals surface area contributed by atoms with E-state index in [2.05, 4.69) is 5.32 Å². The van der Waals surface area contributed by atoms with Crippen LogP contribution in [0.5, 0.6) is 0 Å². The molecule has 0 aliphatic carbocycles. The van der Waals surface area contributed by atoms with Crippen molar-refractivity contribution in [2.45, 2.75) is 25.2 Å². The van der Waals surface area contributed by atoms with E-state index < -0.39 is 10.0 Å². The van der Waals surface area contributed by atoms with Crippen molar-refractivity contribution in [1.29, 1.82) is 0 Å². The molecule has 1 aromatic rings. The predicted molar refractivity (Wildman–Crippen MR) is 86.3 cm³/mol. The van der Waals surface area contributed by atoms with Gasteiger partial charge in [0, 0.05) is 20.0 Å². The van der Waals surface area contributed by atoms with E-state index in [9.17, 15) is 13.2 Å². The summed E-state index contributed by atoms with van der Waals surface area (Å²) < 4.78 is 26.8. The molecule has 0 radical (unpaired) electrons. The summed E-state index contributed by atoms with van der Waals surface area (Å²) in [4.78, 5) is 11.2. The Hall–Kier alpha value is -1.15. The first-order valence-electron chi connectivity index (χ1n) is 6.95. The molecule has 1 heterocycles. The molecule has 0 aromatic heterocycles. The van der Waals surface area contributed by atoms with Crippen molar-refractivity contribution >= 4 is 33.2 Å². The van der Waals surface area contributed by atoms with Crippen LogP contribution in [-0.4, -0.2) is 38.3 Å². The van der Waals surface area contributed by atoms with Crippen LogP contribution in [0.1, 0.15) is 20.3 Å². The molecule has 1 unspecified atom stereocenters. The van der Waals surface area contributed by atoms with Crippen LogP contribution < -0.4 is 11.1 Å². The molecule has 0 spiro atoms. The molecule has 1 aliphatic heterocycles. The molecule has 3 N–H and O–H groups in total. The summed E-state index contributed by atoms with van der Waals surface area (Å²) in [7, 11) is -3.61. The van der Waals surface area contributed by atoms with Crippen LogP contribution in [0.2, 0.25) is 5.02 Å². The zero-order valence-electron chi connectivity index (χ0n) is 12.6. The third kappa shape index (κ3) is 3.43. The number of carbonyl (C=O) groups is 1. The van der Waals surface area contributed by atoms with Gasteiger partial charge < -0.3 is 11.1 Å². The molecule has 0 bridgehead atoms. The van der Waals surface area contributed by atoms with E-state index in [1.807, 2.05) is 6.92 Å². The normalized spacial score (nSPS) is 22.7. The maximum absolute atomic E-state index is 12.7. The first-order chi connectivity index (χ1) is 10.2. The highest BCUT2D eigenvalue weighted by Gasteiger charge is 2.39. The Balaban J connectivity index is 2.27. The average Bonchev–Trinajstić information content (AvgIpc) is 2.84. The fourth-order valence-electron chi connectivity index (χ4n) is 2.45. The first-order valence-corrected chi connectivity index (χ1v) is 8.77. The van der Waals surface area contributed by atoms with E-state index in [1.165, 1.54) is 29.4 Å². The Labute approximate surface area is 135 Å². The molecule has 1 amide bonds. The summed E-state index contributed by atoms with van der Waals surface area (Å²) in [6.07, 6.45) is 0.737. The van der Waals surface area contributed by atoms with Gasteiger partial charge in [0.2, 0.25) is 15.9 Å². The number of nitrogens with one attached hydrogen (secondary N) is 1. The lowest BCUT2D eigenvalue weighted by Crippen LogP contribution is -2.34. The molecule has 2 rings (SSSR count). The van der Waals surface area contributed by atoms with Crippen LogP contribution >= 0.6 is 11.6 Å². The third-order valence-corrected chi connectivity index (χ3v) is 6.06. The number of hydrogen-bond donors (Lipinski definition) is 2. The molecular weight excluding hydrogens is 326 g/mol. The summed E-state index contributed by atoms with van der Waals surface area (Å²) >= 11 is 6.05. The van der Waals surface area contributed by atoms with E-state index in [0.717, 1.165) is 6.42 Å². The molecule has 0 saturated carbocycles. The van der Waals surface area contributed by atoms with Gasteiger partial charge in [0.05, 0.1) is 15.6 Å². The van der Waals surface area contributed by atoms with Gasteiger partial charge >= 0.3 is 0 Å². The molecule has 1 fully saturated rings. The highest BCUT2D eigenvalue weighted by molar-refractivity contribution is 7.89. The van der Waals surface area contributed by atoms with E-state index in [4.69, 9.17) is 17.3 Å². The number of hydrogen-bond acceptors (Lipinski definition) is 4. The highest BCUT2D eigenvalue weighted by Crippen LogP contribution is 2.34. The summed E-state index contributed by atoms with van der Waals surface area (Å²) in [6.45, 7) is 4.63. The molecule has 22 heavy (non-hydrogen) atoms. The lowest BCUT2D eigenvalue weighted by Gasteiger charge is -2.22. The second-order valence-electron chi connectivity index (χ2n) is 5.93. The quantitative estimate of drug-likeness (QED) is 0.868. The average molecular weight is 346 g/mol. The molecule has 8 heteroatoms. The number of benzene rings is 1. The fourth-order valence-corrected chi connectivity index (χ4v) is 4.36. The number of carbonyl (C=O) groups excluding carboxylic acids is 1. The van der Waals surface area contributed by atoms with Crippen molar-refractivity contribution in [3.05, 3.63) is 23.2 Å².